The largest absolute Gasteiger partial charge is 0.326 e. The highest BCUT2D eigenvalue weighted by Gasteiger charge is 2.39. The molecule has 1 aliphatic carbocycles. The van der Waals surface area contributed by atoms with E-state index in [9.17, 15) is 18.0 Å². The van der Waals surface area contributed by atoms with Crippen molar-refractivity contribution in [2.75, 3.05) is 18.4 Å². The van der Waals surface area contributed by atoms with Crippen molar-refractivity contribution in [1.29, 1.82) is 0 Å². The molecule has 1 aromatic carbocycles. The summed E-state index contributed by atoms with van der Waals surface area (Å²) in [6.07, 6.45) is 2.75. The maximum atomic E-state index is 13.2. The van der Waals surface area contributed by atoms with Crippen LogP contribution in [0.2, 0.25) is 0 Å². The van der Waals surface area contributed by atoms with E-state index in [4.69, 9.17) is 0 Å². The van der Waals surface area contributed by atoms with Crippen LogP contribution < -0.4 is 10.9 Å². The zero-order valence-corrected chi connectivity index (χ0v) is 16.8. The summed E-state index contributed by atoms with van der Waals surface area (Å²) in [7, 11) is -3.63. The first-order chi connectivity index (χ1) is 13.9. The first-order valence-corrected chi connectivity index (χ1v) is 11.5. The van der Waals surface area contributed by atoms with Crippen molar-refractivity contribution in [3.8, 4) is 0 Å². The number of hydrogen-bond donors (Lipinski definition) is 1. The maximum Gasteiger partial charge on any atom is 0.250 e. The lowest BCUT2D eigenvalue weighted by Crippen LogP contribution is -2.48. The van der Waals surface area contributed by atoms with Crippen LogP contribution in [0.4, 0.5) is 5.69 Å². The van der Waals surface area contributed by atoms with Gasteiger partial charge in [-0.3, -0.25) is 9.59 Å². The summed E-state index contributed by atoms with van der Waals surface area (Å²) in [5, 5.41) is 2.83. The zero-order chi connectivity index (χ0) is 20.2. The second-order valence-electron chi connectivity index (χ2n) is 8.31. The smallest absolute Gasteiger partial charge is 0.250 e. The summed E-state index contributed by atoms with van der Waals surface area (Å²) in [5.41, 5.74) is 1.52. The van der Waals surface area contributed by atoms with Crippen LogP contribution in [0.15, 0.2) is 52.2 Å². The highest BCUT2D eigenvalue weighted by molar-refractivity contribution is 7.89. The van der Waals surface area contributed by atoms with Gasteiger partial charge in [0.25, 0.3) is 5.56 Å². The fraction of sp³-hybridized carbons (Fsp3) is 0.429. The Morgan fingerprint density at radius 3 is 2.48 bits per heavy atom. The molecule has 2 fully saturated rings. The summed E-state index contributed by atoms with van der Waals surface area (Å²) in [5.74, 6) is 0.261. The van der Waals surface area contributed by atoms with Crippen molar-refractivity contribution in [3.63, 3.8) is 0 Å². The van der Waals surface area contributed by atoms with E-state index in [1.807, 2.05) is 6.07 Å². The zero-order valence-electron chi connectivity index (χ0n) is 16.0. The number of piperidine rings is 1. The Morgan fingerprint density at radius 1 is 1.00 bits per heavy atom. The van der Waals surface area contributed by atoms with E-state index in [0.29, 0.717) is 25.3 Å². The number of aromatic nitrogens is 1. The van der Waals surface area contributed by atoms with Crippen LogP contribution in [0.25, 0.3) is 0 Å². The molecule has 1 amide bonds. The van der Waals surface area contributed by atoms with Gasteiger partial charge < -0.3 is 9.88 Å². The van der Waals surface area contributed by atoms with Crippen molar-refractivity contribution in [3.05, 3.63) is 58.5 Å². The molecular formula is C21H23N3O4S. The van der Waals surface area contributed by atoms with Crippen LogP contribution in [0.1, 0.15) is 30.9 Å². The molecule has 29 heavy (non-hydrogen) atoms. The minimum Gasteiger partial charge on any atom is -0.326 e. The molecule has 2 atom stereocenters. The third-order valence-corrected chi connectivity index (χ3v) is 8.00. The predicted molar refractivity (Wildman–Crippen MR) is 108 cm³/mol. The molecule has 2 bridgehead atoms. The second kappa shape index (κ2) is 6.81. The molecule has 0 spiro atoms. The average molecular weight is 413 g/mol. The fourth-order valence-corrected chi connectivity index (χ4v) is 6.06. The highest BCUT2D eigenvalue weighted by Crippen LogP contribution is 2.37. The van der Waals surface area contributed by atoms with E-state index < -0.39 is 10.0 Å². The number of benzene rings is 1. The number of carbonyl (C=O) groups is 1. The number of nitrogens with one attached hydrogen (secondary N) is 1. The van der Waals surface area contributed by atoms with Gasteiger partial charge in [0.15, 0.2) is 0 Å². The van der Waals surface area contributed by atoms with Crippen molar-refractivity contribution in [1.82, 2.24) is 8.87 Å². The van der Waals surface area contributed by atoms with Gasteiger partial charge in [-0.1, -0.05) is 6.07 Å². The first kappa shape index (κ1) is 18.6. The third kappa shape index (κ3) is 3.40. The second-order valence-corrected chi connectivity index (χ2v) is 10.2. The van der Waals surface area contributed by atoms with Crippen LogP contribution in [-0.4, -0.2) is 36.3 Å². The minimum absolute atomic E-state index is 0.00151. The van der Waals surface area contributed by atoms with Gasteiger partial charge >= 0.3 is 0 Å². The van der Waals surface area contributed by atoms with Crippen LogP contribution >= 0.6 is 0 Å². The van der Waals surface area contributed by atoms with Gasteiger partial charge in [0.2, 0.25) is 15.9 Å². The van der Waals surface area contributed by atoms with E-state index in [1.54, 1.807) is 45.3 Å². The Labute approximate surface area is 169 Å². The van der Waals surface area contributed by atoms with Gasteiger partial charge in [-0.2, -0.15) is 4.31 Å². The Bertz CT molecular complexity index is 1120. The molecule has 1 saturated heterocycles. The third-order valence-electron chi connectivity index (χ3n) is 6.15. The quantitative estimate of drug-likeness (QED) is 0.830. The summed E-state index contributed by atoms with van der Waals surface area (Å²) in [6, 6.07) is 11.6. The summed E-state index contributed by atoms with van der Waals surface area (Å²) in [4.78, 5) is 24.3. The lowest BCUT2D eigenvalue weighted by atomic mass is 9.84. The molecule has 2 aromatic rings. The number of hydrogen-bond acceptors (Lipinski definition) is 4. The lowest BCUT2D eigenvalue weighted by molar-refractivity contribution is -0.117. The number of sulfonamides is 1. The molecule has 0 radical (unpaired) electrons. The van der Waals surface area contributed by atoms with E-state index >= 15 is 0 Å². The molecule has 5 rings (SSSR count). The van der Waals surface area contributed by atoms with Gasteiger partial charge in [-0.05, 0) is 55.5 Å². The Hall–Kier alpha value is -2.45. The van der Waals surface area contributed by atoms with Crippen molar-refractivity contribution < 1.29 is 13.2 Å². The molecule has 7 nitrogen and oxygen atoms in total. The molecule has 8 heteroatoms. The molecule has 1 aromatic heterocycles. The topological polar surface area (TPSA) is 88.5 Å². The number of fused-ring (bicyclic) bond motifs is 4. The van der Waals surface area contributed by atoms with E-state index in [1.165, 1.54) is 0 Å². The Morgan fingerprint density at radius 2 is 1.76 bits per heavy atom. The van der Waals surface area contributed by atoms with Gasteiger partial charge in [0.05, 0.1) is 4.90 Å². The standard InChI is InChI=1S/C21H23N3O4S/c25-20-3-1-2-19-16-10-14(12-24(19)20)11-23(13-16)29(27,28)18-8-6-17(7-9-18)22-21(26)15-4-5-15/h1-3,6-9,14-16H,4-5,10-13H2,(H,22,26)/t14-,16-/m0/s1. The summed E-state index contributed by atoms with van der Waals surface area (Å²) < 4.78 is 29.8. The predicted octanol–water partition coefficient (Wildman–Crippen LogP) is 2.00. The highest BCUT2D eigenvalue weighted by atomic mass is 32.2. The number of amides is 1. The summed E-state index contributed by atoms with van der Waals surface area (Å²) >= 11 is 0. The van der Waals surface area contributed by atoms with Gasteiger partial charge in [-0.15, -0.1) is 0 Å². The van der Waals surface area contributed by atoms with Crippen molar-refractivity contribution in [2.24, 2.45) is 11.8 Å². The average Bonchev–Trinajstić information content (AvgIpc) is 3.55. The molecule has 152 valence electrons. The minimum atomic E-state index is -3.63. The normalized spacial score (nSPS) is 24.0. The van der Waals surface area contributed by atoms with Crippen LogP contribution in [0, 0.1) is 11.8 Å². The van der Waals surface area contributed by atoms with Crippen LogP contribution in [-0.2, 0) is 21.4 Å². The summed E-state index contributed by atoms with van der Waals surface area (Å²) in [6.45, 7) is 1.35. The van der Waals surface area contributed by atoms with Crippen LogP contribution in [0.5, 0.6) is 0 Å². The number of carbonyl (C=O) groups excluding carboxylic acids is 1. The van der Waals surface area contributed by atoms with Crippen LogP contribution in [0.3, 0.4) is 0 Å². The fourth-order valence-electron chi connectivity index (χ4n) is 4.50. The van der Waals surface area contributed by atoms with E-state index in [0.717, 1.165) is 25.0 Å². The monoisotopic (exact) mass is 413 g/mol. The number of pyridine rings is 1. The van der Waals surface area contributed by atoms with E-state index in [-0.39, 0.29) is 34.1 Å². The Kier molecular flexibility index (Phi) is 4.36. The lowest BCUT2D eigenvalue weighted by Gasteiger charge is -2.42. The molecule has 0 unspecified atom stereocenters. The molecule has 3 heterocycles. The van der Waals surface area contributed by atoms with Crippen molar-refractivity contribution in [2.45, 2.75) is 36.6 Å². The molecule has 3 aliphatic rings. The van der Waals surface area contributed by atoms with Gasteiger partial charge in [0, 0.05) is 48.9 Å². The molecule has 1 N–H and O–H groups in total. The molecule has 2 aliphatic heterocycles. The van der Waals surface area contributed by atoms with E-state index in [2.05, 4.69) is 5.32 Å². The first-order valence-electron chi connectivity index (χ1n) is 10.0. The Balaban J connectivity index is 1.36. The van der Waals surface area contributed by atoms with Gasteiger partial charge in [0.1, 0.15) is 0 Å². The number of rotatable bonds is 4. The number of nitrogens with zero attached hydrogens (tertiary/aromatic N) is 2. The van der Waals surface area contributed by atoms with Gasteiger partial charge in [-0.25, -0.2) is 8.42 Å². The number of anilines is 1. The maximum absolute atomic E-state index is 13.2. The molecular weight excluding hydrogens is 390 g/mol. The molecule has 1 saturated carbocycles. The SMILES string of the molecule is O=C(Nc1ccc(S(=O)(=O)N2C[C@@H]3C[C@@H](C2)c2cccc(=O)n2C3)cc1)C1CC1. The van der Waals surface area contributed by atoms with Crippen molar-refractivity contribution >= 4 is 21.6 Å².